The zero-order valence-electron chi connectivity index (χ0n) is 16.8. The highest BCUT2D eigenvalue weighted by atomic mass is 19.1. The first-order chi connectivity index (χ1) is 13.8. The van der Waals surface area contributed by atoms with E-state index in [1.165, 1.54) is 6.07 Å². The molecule has 5 rings (SSSR count). The molecule has 0 aliphatic carbocycles. The molecule has 26 heavy (non-hydrogen) atoms. The number of benzene rings is 2. The maximum absolute atomic E-state index is 15.0. The lowest BCUT2D eigenvalue weighted by atomic mass is 9.99. The molecule has 1 aromatic heterocycles. The summed E-state index contributed by atoms with van der Waals surface area (Å²) >= 11 is 0. The first kappa shape index (κ1) is 12.6. The number of hydroxylamine groups is 1. The third kappa shape index (κ3) is 2.34. The maximum Gasteiger partial charge on any atom is 0.275 e. The molecule has 3 N–H and O–H groups in total. The zero-order valence-corrected chi connectivity index (χ0v) is 13.8. The molecule has 0 spiro atoms. The van der Waals surface area contributed by atoms with E-state index < -0.39 is 24.3 Å². The highest BCUT2D eigenvalue weighted by Crippen LogP contribution is 2.36. The Labute approximate surface area is 153 Å². The van der Waals surface area contributed by atoms with E-state index in [4.69, 9.17) is 8.95 Å². The van der Waals surface area contributed by atoms with Gasteiger partial charge in [0, 0.05) is 33.6 Å². The fourth-order valence-electron chi connectivity index (χ4n) is 3.67. The topological polar surface area (TPSA) is 66.1 Å². The molecule has 2 aromatic carbocycles. The first-order valence-corrected chi connectivity index (χ1v) is 8.49. The van der Waals surface area contributed by atoms with Gasteiger partial charge in [0.2, 0.25) is 0 Å². The predicted octanol–water partition coefficient (Wildman–Crippen LogP) is 3.57. The molecule has 3 heterocycles. The highest BCUT2D eigenvalue weighted by Gasteiger charge is 2.24. The lowest BCUT2D eigenvalue weighted by Gasteiger charge is -2.13. The Hall–Kier alpha value is -2.70. The van der Waals surface area contributed by atoms with Crippen LogP contribution in [0.2, 0.25) is 0 Å². The van der Waals surface area contributed by atoms with Gasteiger partial charge in [0.15, 0.2) is 0 Å². The SMILES string of the molecule is [2H]C1(c2ccc(-c3[nH]c4cccc5c4c3C([2H])([2H])ONC5=O)cc2F)CCCN1. The molecule has 0 radical (unpaired) electrons. The van der Waals surface area contributed by atoms with E-state index in [0.29, 0.717) is 35.1 Å². The van der Waals surface area contributed by atoms with Crippen LogP contribution in [0.25, 0.3) is 22.2 Å². The summed E-state index contributed by atoms with van der Waals surface area (Å²) in [6, 6.07) is 8.35. The second-order valence-electron chi connectivity index (χ2n) is 6.44. The van der Waals surface area contributed by atoms with Gasteiger partial charge in [-0.05, 0) is 37.6 Å². The van der Waals surface area contributed by atoms with Crippen molar-refractivity contribution in [3.8, 4) is 11.3 Å². The van der Waals surface area contributed by atoms with Gasteiger partial charge >= 0.3 is 0 Å². The molecular formula is C20H18FN3O2. The molecule has 1 fully saturated rings. The highest BCUT2D eigenvalue weighted by molar-refractivity contribution is 6.09. The van der Waals surface area contributed by atoms with E-state index in [9.17, 15) is 9.18 Å². The summed E-state index contributed by atoms with van der Waals surface area (Å²) in [6.07, 6.45) is 1.33. The van der Waals surface area contributed by atoms with E-state index in [-0.39, 0.29) is 16.7 Å². The van der Waals surface area contributed by atoms with Gasteiger partial charge in [0.05, 0.1) is 15.4 Å². The minimum atomic E-state index is -2.32. The minimum absolute atomic E-state index is 0.133. The molecule has 6 heteroatoms. The van der Waals surface area contributed by atoms with Crippen molar-refractivity contribution in [2.75, 3.05) is 6.54 Å². The van der Waals surface area contributed by atoms with Gasteiger partial charge in [-0.2, -0.15) is 0 Å². The molecule has 3 aromatic rings. The third-order valence-electron chi connectivity index (χ3n) is 4.89. The molecule has 1 unspecified atom stereocenters. The summed E-state index contributed by atoms with van der Waals surface area (Å²) in [7, 11) is 0. The van der Waals surface area contributed by atoms with Crippen LogP contribution in [-0.2, 0) is 11.4 Å². The largest absolute Gasteiger partial charge is 0.354 e. The molecule has 132 valence electrons. The quantitative estimate of drug-likeness (QED) is 0.659. The summed E-state index contributed by atoms with van der Waals surface area (Å²) in [6.45, 7) is -1.66. The molecule has 2 aliphatic rings. The van der Waals surface area contributed by atoms with Crippen molar-refractivity contribution in [3.63, 3.8) is 0 Å². The number of aromatic nitrogens is 1. The van der Waals surface area contributed by atoms with Gasteiger partial charge < -0.3 is 10.3 Å². The second kappa shape index (κ2) is 5.93. The normalized spacial score (nSPS) is 26.0. The summed E-state index contributed by atoms with van der Waals surface area (Å²) in [4.78, 5) is 20.4. The van der Waals surface area contributed by atoms with Crippen LogP contribution in [0.5, 0.6) is 0 Å². The van der Waals surface area contributed by atoms with Crippen LogP contribution < -0.4 is 10.8 Å². The molecule has 1 saturated heterocycles. The number of aromatic amines is 1. The van der Waals surface area contributed by atoms with Gasteiger partial charge in [-0.3, -0.25) is 9.63 Å². The monoisotopic (exact) mass is 354 g/mol. The van der Waals surface area contributed by atoms with Crippen LogP contribution in [0.15, 0.2) is 36.4 Å². The maximum atomic E-state index is 15.0. The van der Waals surface area contributed by atoms with Crippen molar-refractivity contribution in [2.45, 2.75) is 25.4 Å². The Morgan fingerprint density at radius 3 is 3.04 bits per heavy atom. The van der Waals surface area contributed by atoms with E-state index in [2.05, 4.69) is 15.8 Å². The van der Waals surface area contributed by atoms with Crippen LogP contribution >= 0.6 is 0 Å². The number of halogens is 1. The fraction of sp³-hybridized carbons (Fsp3) is 0.250. The Morgan fingerprint density at radius 1 is 1.31 bits per heavy atom. The summed E-state index contributed by atoms with van der Waals surface area (Å²) in [5, 5.41) is 3.43. The van der Waals surface area contributed by atoms with Crippen LogP contribution in [0, 0.1) is 5.82 Å². The molecule has 0 saturated carbocycles. The van der Waals surface area contributed by atoms with Gasteiger partial charge in [0.25, 0.3) is 5.91 Å². The van der Waals surface area contributed by atoms with Crippen molar-refractivity contribution >= 4 is 16.8 Å². The standard InChI is InChI=1S/C20H18FN3O2/c21-15-9-11(6-7-12(15)16-5-2-8-22-16)19-14-10-26-24-20(25)13-3-1-4-17(23-19)18(13)14/h1,3-4,6-7,9,16,22-23H,2,5,8,10H2,(H,24,25)/i10D2,16D. The van der Waals surface area contributed by atoms with Crippen molar-refractivity contribution in [3.05, 3.63) is 58.9 Å². The Balaban J connectivity index is 1.72. The Kier molecular flexibility index (Phi) is 2.88. The van der Waals surface area contributed by atoms with Crippen LogP contribution in [0.4, 0.5) is 4.39 Å². The molecule has 2 aliphatic heterocycles. The number of nitrogens with one attached hydrogen (secondary N) is 3. The third-order valence-corrected chi connectivity index (χ3v) is 4.89. The van der Waals surface area contributed by atoms with Crippen LogP contribution in [-0.4, -0.2) is 17.4 Å². The predicted molar refractivity (Wildman–Crippen MR) is 95.9 cm³/mol. The number of hydrogen-bond acceptors (Lipinski definition) is 3. The molecule has 1 amide bonds. The van der Waals surface area contributed by atoms with E-state index in [1.54, 1.807) is 30.3 Å². The van der Waals surface area contributed by atoms with Gasteiger partial charge in [-0.1, -0.05) is 18.2 Å². The molecule has 1 atom stereocenters. The number of hydrogen-bond donors (Lipinski definition) is 3. The molecule has 0 bridgehead atoms. The summed E-state index contributed by atoms with van der Waals surface area (Å²) in [5.41, 5.74) is 4.10. The first-order valence-electron chi connectivity index (χ1n) is 9.99. The Morgan fingerprint density at radius 2 is 2.23 bits per heavy atom. The number of carbonyl (C=O) groups excluding carboxylic acids is 1. The van der Waals surface area contributed by atoms with Crippen LogP contribution in [0.1, 0.15) is 44.5 Å². The number of H-pyrrole nitrogens is 1. The molecule has 5 nitrogen and oxygen atoms in total. The van der Waals surface area contributed by atoms with Crippen molar-refractivity contribution < 1.29 is 18.1 Å². The smallest absolute Gasteiger partial charge is 0.275 e. The Bertz CT molecular complexity index is 1160. The van der Waals surface area contributed by atoms with E-state index in [0.717, 1.165) is 6.42 Å². The second-order valence-corrected chi connectivity index (χ2v) is 6.44. The number of carbonyl (C=O) groups is 1. The molecular weight excluding hydrogens is 333 g/mol. The van der Waals surface area contributed by atoms with E-state index in [1.807, 2.05) is 0 Å². The van der Waals surface area contributed by atoms with E-state index >= 15 is 0 Å². The van der Waals surface area contributed by atoms with Crippen molar-refractivity contribution in [1.82, 2.24) is 15.8 Å². The number of amides is 1. The average molecular weight is 354 g/mol. The van der Waals surface area contributed by atoms with Gasteiger partial charge in [0.1, 0.15) is 12.4 Å². The lowest BCUT2D eigenvalue weighted by Crippen LogP contribution is -2.21. The summed E-state index contributed by atoms with van der Waals surface area (Å²) in [5.74, 6) is -1.09. The minimum Gasteiger partial charge on any atom is -0.354 e. The van der Waals surface area contributed by atoms with Crippen molar-refractivity contribution in [1.29, 1.82) is 0 Å². The lowest BCUT2D eigenvalue weighted by molar-refractivity contribution is 0.0256. The zero-order chi connectivity index (χ0) is 20.4. The van der Waals surface area contributed by atoms with Gasteiger partial charge in [-0.25, -0.2) is 9.87 Å². The number of rotatable bonds is 2. The van der Waals surface area contributed by atoms with Crippen molar-refractivity contribution in [2.24, 2.45) is 0 Å². The van der Waals surface area contributed by atoms with Crippen LogP contribution in [0.3, 0.4) is 0 Å². The van der Waals surface area contributed by atoms with Gasteiger partial charge in [-0.15, -0.1) is 0 Å². The fourth-order valence-corrected chi connectivity index (χ4v) is 3.67. The summed E-state index contributed by atoms with van der Waals surface area (Å²) < 4.78 is 40.1. The average Bonchev–Trinajstić information content (AvgIpc) is 3.28.